The predicted octanol–water partition coefficient (Wildman–Crippen LogP) is 1.33. The van der Waals surface area contributed by atoms with Crippen LogP contribution in [-0.2, 0) is 17.6 Å². The van der Waals surface area contributed by atoms with Crippen LogP contribution in [0.15, 0.2) is 11.2 Å². The Morgan fingerprint density at radius 1 is 1.30 bits per heavy atom. The first kappa shape index (κ1) is 17.7. The fraction of sp³-hybridized carbons (Fsp3) is 0.688. The molecule has 7 heteroatoms. The lowest BCUT2D eigenvalue weighted by Crippen LogP contribution is -2.41. The van der Waals surface area contributed by atoms with E-state index in [9.17, 15) is 4.79 Å². The van der Waals surface area contributed by atoms with Gasteiger partial charge in [0.25, 0.3) is 0 Å². The molecule has 0 atom stereocenters. The van der Waals surface area contributed by atoms with Crippen LogP contribution in [0.2, 0.25) is 0 Å². The molecule has 1 saturated carbocycles. The zero-order chi connectivity index (χ0) is 16.5. The summed E-state index contributed by atoms with van der Waals surface area (Å²) in [6.07, 6.45) is 5.94. The smallest absolute Gasteiger partial charge is 0.223 e. The summed E-state index contributed by atoms with van der Waals surface area (Å²) in [5.74, 6) is 1.24. The van der Waals surface area contributed by atoms with Crippen molar-refractivity contribution in [2.45, 2.75) is 39.5 Å². The molecule has 0 aromatic carbocycles. The van der Waals surface area contributed by atoms with E-state index in [1.54, 1.807) is 11.3 Å². The van der Waals surface area contributed by atoms with Gasteiger partial charge in [-0.05, 0) is 26.2 Å². The maximum atomic E-state index is 11.5. The monoisotopic (exact) mass is 337 g/mol. The summed E-state index contributed by atoms with van der Waals surface area (Å²) in [5.41, 5.74) is 0. The number of thiazole rings is 1. The van der Waals surface area contributed by atoms with Crippen LogP contribution in [-0.4, -0.2) is 43.0 Å². The summed E-state index contributed by atoms with van der Waals surface area (Å²) in [4.78, 5) is 21.8. The summed E-state index contributed by atoms with van der Waals surface area (Å²) in [6.45, 7) is 7.02. The SMILES string of the molecule is CCNC(=NCCc1ncc(CC)s1)NCCNC(=O)C1CC1. The average Bonchev–Trinajstić information content (AvgIpc) is 3.31. The maximum absolute atomic E-state index is 11.5. The van der Waals surface area contributed by atoms with Gasteiger partial charge in [-0.1, -0.05) is 6.92 Å². The van der Waals surface area contributed by atoms with E-state index in [0.29, 0.717) is 19.6 Å². The van der Waals surface area contributed by atoms with Gasteiger partial charge in [0.2, 0.25) is 5.91 Å². The quantitative estimate of drug-likeness (QED) is 0.361. The Labute approximate surface area is 142 Å². The van der Waals surface area contributed by atoms with Crippen molar-refractivity contribution >= 4 is 23.2 Å². The van der Waals surface area contributed by atoms with Crippen molar-refractivity contribution in [2.75, 3.05) is 26.2 Å². The second-order valence-corrected chi connectivity index (χ2v) is 6.78. The van der Waals surface area contributed by atoms with Crippen molar-refractivity contribution < 1.29 is 4.79 Å². The Hall–Kier alpha value is -1.63. The third-order valence-corrected chi connectivity index (χ3v) is 4.76. The second kappa shape index (κ2) is 9.50. The molecule has 3 N–H and O–H groups in total. The van der Waals surface area contributed by atoms with E-state index in [2.05, 4.69) is 32.9 Å². The highest BCUT2D eigenvalue weighted by atomic mass is 32.1. The van der Waals surface area contributed by atoms with Crippen LogP contribution in [0.4, 0.5) is 0 Å². The van der Waals surface area contributed by atoms with Crippen LogP contribution in [0.25, 0.3) is 0 Å². The normalized spacial score (nSPS) is 14.6. The van der Waals surface area contributed by atoms with Gasteiger partial charge in [-0.25, -0.2) is 4.98 Å². The Morgan fingerprint density at radius 3 is 2.74 bits per heavy atom. The lowest BCUT2D eigenvalue weighted by atomic mass is 10.4. The summed E-state index contributed by atoms with van der Waals surface area (Å²) >= 11 is 1.76. The average molecular weight is 337 g/mol. The fourth-order valence-corrected chi connectivity index (χ4v) is 2.94. The topological polar surface area (TPSA) is 78.4 Å². The number of aromatic nitrogens is 1. The first-order valence-electron chi connectivity index (χ1n) is 8.46. The third-order valence-electron chi connectivity index (χ3n) is 3.55. The van der Waals surface area contributed by atoms with Crippen molar-refractivity contribution in [1.82, 2.24) is 20.9 Å². The number of carbonyl (C=O) groups is 1. The van der Waals surface area contributed by atoms with Crippen LogP contribution in [0.1, 0.15) is 36.6 Å². The molecule has 0 bridgehead atoms. The molecule has 23 heavy (non-hydrogen) atoms. The molecule has 1 aliphatic carbocycles. The van der Waals surface area contributed by atoms with Gasteiger partial charge in [-0.3, -0.25) is 9.79 Å². The van der Waals surface area contributed by atoms with Gasteiger partial charge in [0.05, 0.1) is 5.01 Å². The molecule has 1 aliphatic rings. The standard InChI is InChI=1S/C16H27N5OS/c1-3-13-11-21-14(23-13)7-8-19-16(17-4-2)20-10-9-18-15(22)12-5-6-12/h11-12H,3-10H2,1-2H3,(H,18,22)(H2,17,19,20). The van der Waals surface area contributed by atoms with E-state index >= 15 is 0 Å². The number of hydrogen-bond acceptors (Lipinski definition) is 4. The van der Waals surface area contributed by atoms with Gasteiger partial charge in [0, 0.05) is 49.6 Å². The number of nitrogens with one attached hydrogen (secondary N) is 3. The van der Waals surface area contributed by atoms with E-state index in [1.807, 2.05) is 13.1 Å². The maximum Gasteiger partial charge on any atom is 0.223 e. The van der Waals surface area contributed by atoms with Gasteiger partial charge < -0.3 is 16.0 Å². The highest BCUT2D eigenvalue weighted by Crippen LogP contribution is 2.28. The molecule has 1 fully saturated rings. The first-order valence-corrected chi connectivity index (χ1v) is 9.28. The molecular weight excluding hydrogens is 310 g/mol. The predicted molar refractivity (Wildman–Crippen MR) is 94.9 cm³/mol. The molecule has 6 nitrogen and oxygen atoms in total. The number of nitrogens with zero attached hydrogens (tertiary/aromatic N) is 2. The van der Waals surface area contributed by atoms with E-state index in [-0.39, 0.29) is 11.8 Å². The van der Waals surface area contributed by atoms with Crippen LogP contribution in [0.5, 0.6) is 0 Å². The zero-order valence-corrected chi connectivity index (χ0v) is 14.8. The Bertz CT molecular complexity index is 524. The van der Waals surface area contributed by atoms with E-state index in [0.717, 1.165) is 43.2 Å². The van der Waals surface area contributed by atoms with Crippen molar-refractivity contribution in [3.8, 4) is 0 Å². The number of rotatable bonds is 9. The molecule has 0 aliphatic heterocycles. The molecule has 0 unspecified atom stereocenters. The third kappa shape index (κ3) is 6.56. The molecule has 0 radical (unpaired) electrons. The lowest BCUT2D eigenvalue weighted by Gasteiger charge is -2.11. The number of aryl methyl sites for hydroxylation is 1. The highest BCUT2D eigenvalue weighted by Gasteiger charge is 2.28. The summed E-state index contributed by atoms with van der Waals surface area (Å²) in [6, 6.07) is 0. The minimum atomic E-state index is 0.184. The van der Waals surface area contributed by atoms with Crippen LogP contribution >= 0.6 is 11.3 Å². The summed E-state index contributed by atoms with van der Waals surface area (Å²) in [7, 11) is 0. The van der Waals surface area contributed by atoms with Gasteiger partial charge in [-0.15, -0.1) is 11.3 Å². The molecule has 128 valence electrons. The van der Waals surface area contributed by atoms with Crippen molar-refractivity contribution in [3.05, 3.63) is 16.1 Å². The van der Waals surface area contributed by atoms with E-state index < -0.39 is 0 Å². The molecule has 1 heterocycles. The Kier molecular flexibility index (Phi) is 7.32. The lowest BCUT2D eigenvalue weighted by molar-refractivity contribution is -0.122. The zero-order valence-electron chi connectivity index (χ0n) is 14.0. The van der Waals surface area contributed by atoms with Crippen LogP contribution in [0, 0.1) is 5.92 Å². The Morgan fingerprint density at radius 2 is 2.09 bits per heavy atom. The molecule has 0 saturated heterocycles. The molecule has 1 aromatic rings. The number of amides is 1. The fourth-order valence-electron chi connectivity index (χ4n) is 2.09. The first-order chi connectivity index (χ1) is 11.2. The second-order valence-electron chi connectivity index (χ2n) is 5.58. The minimum Gasteiger partial charge on any atom is -0.357 e. The molecule has 0 spiro atoms. The summed E-state index contributed by atoms with van der Waals surface area (Å²) < 4.78 is 0. The van der Waals surface area contributed by atoms with Gasteiger partial charge in [-0.2, -0.15) is 0 Å². The van der Waals surface area contributed by atoms with Crippen LogP contribution < -0.4 is 16.0 Å². The van der Waals surface area contributed by atoms with Crippen molar-refractivity contribution in [2.24, 2.45) is 10.9 Å². The number of guanidine groups is 1. The minimum absolute atomic E-state index is 0.184. The molecule has 1 aromatic heterocycles. The highest BCUT2D eigenvalue weighted by molar-refractivity contribution is 7.11. The van der Waals surface area contributed by atoms with Gasteiger partial charge >= 0.3 is 0 Å². The molecule has 2 rings (SSSR count). The van der Waals surface area contributed by atoms with Gasteiger partial charge in [0.15, 0.2) is 5.96 Å². The van der Waals surface area contributed by atoms with Gasteiger partial charge in [0.1, 0.15) is 0 Å². The number of hydrogen-bond donors (Lipinski definition) is 3. The number of carbonyl (C=O) groups excluding carboxylic acids is 1. The van der Waals surface area contributed by atoms with E-state index in [4.69, 9.17) is 0 Å². The molecular formula is C16H27N5OS. The Balaban J connectivity index is 1.67. The largest absolute Gasteiger partial charge is 0.357 e. The van der Waals surface area contributed by atoms with E-state index in [1.165, 1.54) is 4.88 Å². The summed E-state index contributed by atoms with van der Waals surface area (Å²) in [5, 5.41) is 10.5. The van der Waals surface area contributed by atoms with Crippen LogP contribution in [0.3, 0.4) is 0 Å². The molecule has 1 amide bonds. The number of aliphatic imine (C=N–C) groups is 1. The van der Waals surface area contributed by atoms with Crippen molar-refractivity contribution in [3.63, 3.8) is 0 Å². The van der Waals surface area contributed by atoms with Crippen molar-refractivity contribution in [1.29, 1.82) is 0 Å².